The quantitative estimate of drug-likeness (QED) is 0.292. The van der Waals surface area contributed by atoms with Crippen LogP contribution >= 0.6 is 24.0 Å². The molecule has 6 nitrogen and oxygen atoms in total. The van der Waals surface area contributed by atoms with Crippen molar-refractivity contribution in [2.24, 2.45) is 10.9 Å². The molecule has 0 aliphatic heterocycles. The molecule has 144 valence electrons. The minimum absolute atomic E-state index is 0. The van der Waals surface area contributed by atoms with Crippen molar-refractivity contribution in [1.29, 1.82) is 0 Å². The molecule has 1 rings (SSSR count). The van der Waals surface area contributed by atoms with Gasteiger partial charge in [0.05, 0.1) is 13.7 Å². The van der Waals surface area contributed by atoms with Crippen molar-refractivity contribution in [1.82, 2.24) is 10.6 Å². The number of nitrogens with zero attached hydrogens (tertiary/aromatic N) is 1. The molecule has 0 saturated heterocycles. The Labute approximate surface area is 164 Å². The highest BCUT2D eigenvalue weighted by Crippen LogP contribution is 2.26. The van der Waals surface area contributed by atoms with E-state index in [2.05, 4.69) is 20.4 Å². The lowest BCUT2D eigenvalue weighted by molar-refractivity contribution is -0.0504. The van der Waals surface area contributed by atoms with Crippen LogP contribution in [0.25, 0.3) is 0 Å². The van der Waals surface area contributed by atoms with Crippen molar-refractivity contribution < 1.29 is 23.4 Å². The molecule has 0 saturated carbocycles. The van der Waals surface area contributed by atoms with E-state index in [1.54, 1.807) is 12.1 Å². The first-order chi connectivity index (χ1) is 11.5. The minimum atomic E-state index is -2.90. The van der Waals surface area contributed by atoms with Crippen LogP contribution in [0.2, 0.25) is 0 Å². The Bertz CT molecular complexity index is 533. The van der Waals surface area contributed by atoms with Gasteiger partial charge in [0.15, 0.2) is 5.96 Å². The highest BCUT2D eigenvalue weighted by Gasteiger charge is 2.11. The summed E-state index contributed by atoms with van der Waals surface area (Å²) in [6, 6.07) is 4.60. The summed E-state index contributed by atoms with van der Waals surface area (Å²) in [6.07, 6.45) is 0. The molecule has 0 amide bonds. The van der Waals surface area contributed by atoms with Gasteiger partial charge in [0, 0.05) is 25.3 Å². The van der Waals surface area contributed by atoms with E-state index in [0.29, 0.717) is 30.4 Å². The number of hydrogen-bond acceptors (Lipinski definition) is 4. The summed E-state index contributed by atoms with van der Waals surface area (Å²) in [7, 11) is 1.50. The van der Waals surface area contributed by atoms with Crippen LogP contribution in [0.3, 0.4) is 0 Å². The van der Waals surface area contributed by atoms with Crippen LogP contribution in [-0.2, 0) is 6.54 Å². The zero-order valence-corrected chi connectivity index (χ0v) is 16.9. The third-order valence-electron chi connectivity index (χ3n) is 3.17. The van der Waals surface area contributed by atoms with Crippen LogP contribution in [0.4, 0.5) is 8.78 Å². The van der Waals surface area contributed by atoms with Gasteiger partial charge in [0.1, 0.15) is 11.5 Å². The highest BCUT2D eigenvalue weighted by atomic mass is 127. The van der Waals surface area contributed by atoms with Crippen LogP contribution in [-0.4, -0.2) is 44.5 Å². The first-order valence-electron chi connectivity index (χ1n) is 7.74. The van der Waals surface area contributed by atoms with Gasteiger partial charge in [-0.2, -0.15) is 8.78 Å². The van der Waals surface area contributed by atoms with E-state index in [0.717, 1.165) is 0 Å². The molecule has 25 heavy (non-hydrogen) atoms. The molecule has 0 aromatic heterocycles. The standard InChI is InChI=1S/C16H25F2N3O3.HI/c1-4-19-16(20-8-11(2)10-22)21-9-12-7-13(23-3)5-6-14(12)24-15(17)18;/h5-7,11,15,22H,4,8-10H2,1-3H3,(H2,19,20,21);1H. The number of nitrogens with one attached hydrogen (secondary N) is 2. The van der Waals surface area contributed by atoms with Crippen molar-refractivity contribution in [2.75, 3.05) is 26.8 Å². The van der Waals surface area contributed by atoms with E-state index in [1.807, 2.05) is 13.8 Å². The van der Waals surface area contributed by atoms with Crippen molar-refractivity contribution in [3.8, 4) is 11.5 Å². The molecule has 0 aliphatic rings. The van der Waals surface area contributed by atoms with Gasteiger partial charge in [-0.25, -0.2) is 4.99 Å². The van der Waals surface area contributed by atoms with Gasteiger partial charge in [0.25, 0.3) is 0 Å². The number of benzene rings is 1. The monoisotopic (exact) mass is 473 g/mol. The fraction of sp³-hybridized carbons (Fsp3) is 0.562. The molecular formula is C16H26F2IN3O3. The lowest BCUT2D eigenvalue weighted by atomic mass is 10.2. The Hall–Kier alpha value is -1.36. The zero-order valence-electron chi connectivity index (χ0n) is 14.6. The molecule has 1 aromatic rings. The minimum Gasteiger partial charge on any atom is -0.497 e. The average Bonchev–Trinajstić information content (AvgIpc) is 2.57. The number of hydrogen-bond donors (Lipinski definition) is 3. The molecule has 0 fully saturated rings. The summed E-state index contributed by atoms with van der Waals surface area (Å²) in [5.41, 5.74) is 0.488. The van der Waals surface area contributed by atoms with Crippen LogP contribution in [0.1, 0.15) is 19.4 Å². The second kappa shape index (κ2) is 12.9. The zero-order chi connectivity index (χ0) is 17.9. The summed E-state index contributed by atoms with van der Waals surface area (Å²) in [6.45, 7) is 2.31. The number of halogens is 3. The highest BCUT2D eigenvalue weighted by molar-refractivity contribution is 14.0. The SMILES string of the molecule is CCNC(=NCc1cc(OC)ccc1OC(F)F)NCC(C)CO.I. The van der Waals surface area contributed by atoms with Crippen molar-refractivity contribution in [3.05, 3.63) is 23.8 Å². The van der Waals surface area contributed by atoms with E-state index in [9.17, 15) is 8.78 Å². The first kappa shape index (κ1) is 23.6. The maximum absolute atomic E-state index is 12.5. The first-order valence-corrected chi connectivity index (χ1v) is 7.74. The smallest absolute Gasteiger partial charge is 0.387 e. The summed E-state index contributed by atoms with van der Waals surface area (Å²) in [5, 5.41) is 15.2. The van der Waals surface area contributed by atoms with Gasteiger partial charge in [-0.3, -0.25) is 0 Å². The van der Waals surface area contributed by atoms with Crippen LogP contribution in [0.15, 0.2) is 23.2 Å². The Kier molecular flexibility index (Phi) is 12.2. The molecule has 0 radical (unpaired) electrons. The molecule has 0 aliphatic carbocycles. The van der Waals surface area contributed by atoms with Gasteiger partial charge < -0.3 is 25.2 Å². The second-order valence-electron chi connectivity index (χ2n) is 5.22. The number of alkyl halides is 2. The van der Waals surface area contributed by atoms with Crippen molar-refractivity contribution in [3.63, 3.8) is 0 Å². The Morgan fingerprint density at radius 2 is 2.04 bits per heavy atom. The summed E-state index contributed by atoms with van der Waals surface area (Å²) >= 11 is 0. The molecule has 0 heterocycles. The molecule has 0 bridgehead atoms. The largest absolute Gasteiger partial charge is 0.497 e. The molecule has 1 unspecified atom stereocenters. The van der Waals surface area contributed by atoms with Gasteiger partial charge >= 0.3 is 6.61 Å². The van der Waals surface area contributed by atoms with E-state index >= 15 is 0 Å². The predicted molar refractivity (Wildman–Crippen MR) is 104 cm³/mol. The van der Waals surface area contributed by atoms with Gasteiger partial charge in [-0.15, -0.1) is 24.0 Å². The summed E-state index contributed by atoms with van der Waals surface area (Å²) in [5.74, 6) is 1.20. The topological polar surface area (TPSA) is 75.1 Å². The fourth-order valence-electron chi connectivity index (χ4n) is 1.86. The third-order valence-corrected chi connectivity index (χ3v) is 3.17. The number of aliphatic hydroxyl groups excluding tert-OH is 1. The number of methoxy groups -OCH3 is 1. The normalized spacial score (nSPS) is 12.4. The number of guanidine groups is 1. The number of rotatable bonds is 9. The summed E-state index contributed by atoms with van der Waals surface area (Å²) in [4.78, 5) is 4.37. The van der Waals surface area contributed by atoms with Gasteiger partial charge in [-0.05, 0) is 31.0 Å². The van der Waals surface area contributed by atoms with Crippen LogP contribution in [0, 0.1) is 5.92 Å². The van der Waals surface area contributed by atoms with E-state index in [4.69, 9.17) is 9.84 Å². The molecule has 0 spiro atoms. The molecule has 9 heteroatoms. The van der Waals surface area contributed by atoms with Crippen LogP contribution < -0.4 is 20.1 Å². The maximum atomic E-state index is 12.5. The third kappa shape index (κ3) is 9.05. The lowest BCUT2D eigenvalue weighted by Gasteiger charge is -2.15. The van der Waals surface area contributed by atoms with Crippen molar-refractivity contribution in [2.45, 2.75) is 27.0 Å². The van der Waals surface area contributed by atoms with Gasteiger partial charge in [0.2, 0.25) is 0 Å². The fourth-order valence-corrected chi connectivity index (χ4v) is 1.86. The summed E-state index contributed by atoms with van der Waals surface area (Å²) < 4.78 is 34.7. The average molecular weight is 473 g/mol. The second-order valence-corrected chi connectivity index (χ2v) is 5.22. The Morgan fingerprint density at radius 1 is 1.32 bits per heavy atom. The number of ether oxygens (including phenoxy) is 2. The number of aliphatic imine (C=N–C) groups is 1. The van der Waals surface area contributed by atoms with E-state index in [-0.39, 0.29) is 48.8 Å². The molecular weight excluding hydrogens is 447 g/mol. The van der Waals surface area contributed by atoms with Crippen molar-refractivity contribution >= 4 is 29.9 Å². The Morgan fingerprint density at radius 3 is 2.60 bits per heavy atom. The van der Waals surface area contributed by atoms with E-state index in [1.165, 1.54) is 13.2 Å². The van der Waals surface area contributed by atoms with Gasteiger partial charge in [-0.1, -0.05) is 6.92 Å². The Balaban J connectivity index is 0.00000576. The maximum Gasteiger partial charge on any atom is 0.387 e. The molecule has 3 N–H and O–H groups in total. The number of aliphatic hydroxyl groups is 1. The molecule has 1 atom stereocenters. The molecule has 1 aromatic carbocycles. The van der Waals surface area contributed by atoms with Crippen LogP contribution in [0.5, 0.6) is 11.5 Å². The lowest BCUT2D eigenvalue weighted by Crippen LogP contribution is -2.39. The van der Waals surface area contributed by atoms with E-state index < -0.39 is 6.61 Å². The predicted octanol–water partition coefficient (Wildman–Crippen LogP) is 2.60.